The lowest BCUT2D eigenvalue weighted by Crippen LogP contribution is -2.34. The van der Waals surface area contributed by atoms with E-state index in [1.807, 2.05) is 18.2 Å². The van der Waals surface area contributed by atoms with Gasteiger partial charge in [-0.15, -0.1) is 0 Å². The Balaban J connectivity index is 1.24. The first-order valence-corrected chi connectivity index (χ1v) is 9.32. The number of halogens is 1. The van der Waals surface area contributed by atoms with Crippen molar-refractivity contribution in [3.05, 3.63) is 78.1 Å². The number of rotatable bonds is 5. The molecule has 5 rings (SSSR count). The van der Waals surface area contributed by atoms with E-state index in [2.05, 4.69) is 15.6 Å². The van der Waals surface area contributed by atoms with Crippen molar-refractivity contribution < 1.29 is 18.7 Å². The Labute approximate surface area is 166 Å². The van der Waals surface area contributed by atoms with Crippen LogP contribution >= 0.6 is 0 Å². The Morgan fingerprint density at radius 1 is 1.10 bits per heavy atom. The smallest absolute Gasteiger partial charge is 0.319 e. The molecule has 3 aromatic rings. The van der Waals surface area contributed by atoms with E-state index >= 15 is 0 Å². The highest BCUT2D eigenvalue weighted by molar-refractivity contribution is 5.90. The van der Waals surface area contributed by atoms with Gasteiger partial charge in [0.25, 0.3) is 0 Å². The van der Waals surface area contributed by atoms with E-state index < -0.39 is 6.67 Å². The van der Waals surface area contributed by atoms with Crippen LogP contribution in [0.25, 0.3) is 0 Å². The maximum atomic E-state index is 12.8. The fourth-order valence-corrected chi connectivity index (χ4v) is 3.67. The molecule has 2 heterocycles. The van der Waals surface area contributed by atoms with Gasteiger partial charge in [-0.1, -0.05) is 12.1 Å². The summed E-state index contributed by atoms with van der Waals surface area (Å²) in [5.41, 5.74) is 2.09. The topological polar surface area (TPSA) is 72.5 Å². The number of nitrogens with zero attached hydrogens (tertiary/aromatic N) is 1. The molecule has 0 bridgehead atoms. The number of carbonyl (C=O) groups is 1. The van der Waals surface area contributed by atoms with E-state index in [1.165, 1.54) is 0 Å². The molecule has 2 amide bonds. The molecule has 2 N–H and O–H groups in total. The van der Waals surface area contributed by atoms with Gasteiger partial charge in [-0.3, -0.25) is 4.98 Å². The second-order valence-electron chi connectivity index (χ2n) is 7.05. The number of urea groups is 1. The summed E-state index contributed by atoms with van der Waals surface area (Å²) in [7, 11) is 0. The highest BCUT2D eigenvalue weighted by Crippen LogP contribution is 2.54. The first kappa shape index (κ1) is 17.5. The summed E-state index contributed by atoms with van der Waals surface area (Å²) in [6.45, 7) is -0.571. The summed E-state index contributed by atoms with van der Waals surface area (Å²) in [6.07, 6.45) is 3.26. The highest BCUT2D eigenvalue weighted by atomic mass is 19.1. The van der Waals surface area contributed by atoms with Gasteiger partial charge in [0.1, 0.15) is 30.0 Å². The second-order valence-corrected chi connectivity index (χ2v) is 7.05. The Morgan fingerprint density at radius 2 is 1.97 bits per heavy atom. The predicted octanol–water partition coefficient (Wildman–Crippen LogP) is 4.39. The Hall–Kier alpha value is -3.61. The molecule has 1 aliphatic heterocycles. The van der Waals surface area contributed by atoms with Crippen LogP contribution in [0.3, 0.4) is 0 Å². The van der Waals surface area contributed by atoms with Crippen LogP contribution in [0.4, 0.5) is 14.9 Å². The molecule has 0 spiro atoms. The monoisotopic (exact) mass is 391 g/mol. The van der Waals surface area contributed by atoms with Crippen LogP contribution in [0, 0.1) is 0 Å². The molecule has 7 heteroatoms. The minimum Gasteiger partial charge on any atom is -0.487 e. The zero-order valence-corrected chi connectivity index (χ0v) is 15.3. The molecule has 1 aromatic heterocycles. The molecule has 146 valence electrons. The number of nitrogens with one attached hydrogen (secondary N) is 2. The summed E-state index contributed by atoms with van der Waals surface area (Å²) in [5.74, 6) is 2.32. The van der Waals surface area contributed by atoms with E-state index in [4.69, 9.17) is 9.47 Å². The molecule has 3 atom stereocenters. The molecule has 1 saturated carbocycles. The number of fused-ring (bicyclic) bond motifs is 3. The Bertz CT molecular complexity index is 1060. The van der Waals surface area contributed by atoms with Gasteiger partial charge in [-0.2, -0.15) is 0 Å². The SMILES string of the molecule is O=C(Nc1cccc(CF)c1)N[C@@H]1[C@H]2Oc3ccc(Oc4ccncc4)cc3[C@@H]12. The lowest BCUT2D eigenvalue weighted by molar-refractivity contribution is 0.246. The third-order valence-corrected chi connectivity index (χ3v) is 5.08. The number of aromatic nitrogens is 1. The van der Waals surface area contributed by atoms with Crippen molar-refractivity contribution in [2.75, 3.05) is 5.32 Å². The van der Waals surface area contributed by atoms with Crippen molar-refractivity contribution in [3.8, 4) is 17.2 Å². The molecule has 29 heavy (non-hydrogen) atoms. The molecule has 0 saturated heterocycles. The van der Waals surface area contributed by atoms with Gasteiger partial charge in [0.05, 0.1) is 12.0 Å². The molecule has 6 nitrogen and oxygen atoms in total. The lowest BCUT2D eigenvalue weighted by Gasteiger charge is -2.13. The van der Waals surface area contributed by atoms with E-state index in [9.17, 15) is 9.18 Å². The Kier molecular flexibility index (Phi) is 4.27. The van der Waals surface area contributed by atoms with Crippen molar-refractivity contribution >= 4 is 11.7 Å². The molecular formula is C22H18FN3O3. The molecule has 1 aliphatic carbocycles. The maximum absolute atomic E-state index is 12.8. The number of hydrogen-bond donors (Lipinski definition) is 2. The van der Waals surface area contributed by atoms with Crippen molar-refractivity contribution in [2.45, 2.75) is 24.7 Å². The molecule has 2 aliphatic rings. The third-order valence-electron chi connectivity index (χ3n) is 5.08. The summed E-state index contributed by atoms with van der Waals surface area (Å²) in [5, 5.41) is 5.68. The second kappa shape index (κ2) is 7.09. The largest absolute Gasteiger partial charge is 0.487 e. The van der Waals surface area contributed by atoms with Gasteiger partial charge in [-0.05, 0) is 48.0 Å². The molecular weight excluding hydrogens is 373 g/mol. The van der Waals surface area contributed by atoms with E-state index in [1.54, 1.807) is 48.8 Å². The number of ether oxygens (including phenoxy) is 2. The van der Waals surface area contributed by atoms with Crippen molar-refractivity contribution in [1.29, 1.82) is 0 Å². The summed E-state index contributed by atoms with van der Waals surface area (Å²) in [4.78, 5) is 16.3. The molecule has 0 unspecified atom stereocenters. The van der Waals surface area contributed by atoms with Crippen LogP contribution in [-0.2, 0) is 6.67 Å². The van der Waals surface area contributed by atoms with Crippen LogP contribution in [0.15, 0.2) is 67.0 Å². The standard InChI is InChI=1S/C22H18FN3O3/c23-12-13-2-1-3-14(10-13)25-22(27)26-20-19-17-11-16(4-5-18(17)29-21(19)20)28-15-6-8-24-9-7-15/h1-11,19-21H,12H2,(H2,25,26,27)/t19-,20-,21-/m0/s1. The summed E-state index contributed by atoms with van der Waals surface area (Å²) < 4.78 is 24.6. The average molecular weight is 391 g/mol. The van der Waals surface area contributed by atoms with Crippen LogP contribution in [0.2, 0.25) is 0 Å². The van der Waals surface area contributed by atoms with Crippen LogP contribution in [0.1, 0.15) is 17.0 Å². The van der Waals surface area contributed by atoms with E-state index in [-0.39, 0.29) is 24.1 Å². The zero-order chi connectivity index (χ0) is 19.8. The predicted molar refractivity (Wildman–Crippen MR) is 105 cm³/mol. The van der Waals surface area contributed by atoms with Crippen LogP contribution < -0.4 is 20.1 Å². The van der Waals surface area contributed by atoms with Gasteiger partial charge in [0, 0.05) is 23.6 Å². The van der Waals surface area contributed by atoms with Gasteiger partial charge < -0.3 is 20.1 Å². The van der Waals surface area contributed by atoms with Crippen LogP contribution in [-0.4, -0.2) is 23.2 Å². The number of hydrogen-bond acceptors (Lipinski definition) is 4. The molecule has 1 fully saturated rings. The van der Waals surface area contributed by atoms with Crippen LogP contribution in [0.5, 0.6) is 17.2 Å². The van der Waals surface area contributed by atoms with Gasteiger partial charge >= 0.3 is 6.03 Å². The zero-order valence-electron chi connectivity index (χ0n) is 15.3. The summed E-state index contributed by atoms with van der Waals surface area (Å²) >= 11 is 0. The first-order valence-electron chi connectivity index (χ1n) is 9.32. The summed E-state index contributed by atoms with van der Waals surface area (Å²) in [6, 6.07) is 15.5. The lowest BCUT2D eigenvalue weighted by atomic mass is 10.1. The molecule has 2 aromatic carbocycles. The van der Waals surface area contributed by atoms with Gasteiger partial charge in [0.2, 0.25) is 0 Å². The average Bonchev–Trinajstić information content (AvgIpc) is 3.25. The number of amides is 2. The fourth-order valence-electron chi connectivity index (χ4n) is 3.67. The van der Waals surface area contributed by atoms with E-state index in [0.29, 0.717) is 22.7 Å². The van der Waals surface area contributed by atoms with Gasteiger partial charge in [-0.25, -0.2) is 9.18 Å². The fraction of sp³-hybridized carbons (Fsp3) is 0.182. The number of benzene rings is 2. The quantitative estimate of drug-likeness (QED) is 0.677. The Morgan fingerprint density at radius 3 is 2.79 bits per heavy atom. The third kappa shape index (κ3) is 3.47. The number of carbonyl (C=O) groups excluding carboxylic acids is 1. The number of pyridine rings is 1. The van der Waals surface area contributed by atoms with Crippen molar-refractivity contribution in [3.63, 3.8) is 0 Å². The van der Waals surface area contributed by atoms with E-state index in [0.717, 1.165) is 11.3 Å². The van der Waals surface area contributed by atoms with Crippen molar-refractivity contribution in [2.24, 2.45) is 0 Å². The number of alkyl halides is 1. The minimum absolute atomic E-state index is 0.0795. The highest BCUT2D eigenvalue weighted by Gasteiger charge is 2.59. The first-order chi connectivity index (χ1) is 14.2. The molecule has 0 radical (unpaired) electrons. The van der Waals surface area contributed by atoms with Crippen molar-refractivity contribution in [1.82, 2.24) is 10.3 Å². The minimum atomic E-state index is -0.571. The number of anilines is 1. The maximum Gasteiger partial charge on any atom is 0.319 e. The van der Waals surface area contributed by atoms with Gasteiger partial charge in [0.15, 0.2) is 0 Å². The normalized spacial score (nSPS) is 20.8.